The quantitative estimate of drug-likeness (QED) is 0.849. The minimum absolute atomic E-state index is 0.0645. The molecule has 0 aliphatic carbocycles. The Morgan fingerprint density at radius 2 is 2.00 bits per heavy atom. The Labute approximate surface area is 132 Å². The predicted molar refractivity (Wildman–Crippen MR) is 86.0 cm³/mol. The summed E-state index contributed by atoms with van der Waals surface area (Å²) in [4.78, 5) is 14.0. The molecule has 2 rings (SSSR count). The van der Waals surface area contributed by atoms with Gasteiger partial charge in [-0.1, -0.05) is 26.8 Å². The number of nitrogens with one attached hydrogen (secondary N) is 1. The van der Waals surface area contributed by atoms with E-state index in [1.165, 1.54) is 5.56 Å². The van der Waals surface area contributed by atoms with E-state index in [4.69, 9.17) is 9.47 Å². The SMILES string of the molecule is CC(Cc1ccc2c(c1)OCO2)N(C)CNC(=O)C(C)(C)C. The van der Waals surface area contributed by atoms with E-state index in [9.17, 15) is 4.79 Å². The summed E-state index contributed by atoms with van der Waals surface area (Å²) in [5.74, 6) is 1.69. The molecule has 0 fully saturated rings. The first-order valence-electron chi connectivity index (χ1n) is 7.64. The van der Waals surface area contributed by atoms with Gasteiger partial charge < -0.3 is 14.8 Å². The Balaban J connectivity index is 1.86. The van der Waals surface area contributed by atoms with Gasteiger partial charge in [-0.2, -0.15) is 0 Å². The lowest BCUT2D eigenvalue weighted by Crippen LogP contribution is -2.44. The number of carbonyl (C=O) groups excluding carboxylic acids is 1. The third kappa shape index (κ3) is 4.13. The number of likely N-dealkylation sites (N-methyl/N-ethyl adjacent to an activating group) is 1. The van der Waals surface area contributed by atoms with Crippen LogP contribution in [0.5, 0.6) is 11.5 Å². The zero-order valence-corrected chi connectivity index (χ0v) is 14.1. The topological polar surface area (TPSA) is 50.8 Å². The average molecular weight is 306 g/mol. The number of hydrogen-bond donors (Lipinski definition) is 1. The van der Waals surface area contributed by atoms with Crippen LogP contribution in [0.15, 0.2) is 18.2 Å². The summed E-state index contributed by atoms with van der Waals surface area (Å²) in [7, 11) is 2.01. The molecule has 22 heavy (non-hydrogen) atoms. The molecule has 1 heterocycles. The van der Waals surface area contributed by atoms with Crippen molar-refractivity contribution in [1.82, 2.24) is 10.2 Å². The Bertz CT molecular complexity index is 537. The molecule has 1 aliphatic heterocycles. The molecule has 0 bridgehead atoms. The fraction of sp³-hybridized carbons (Fsp3) is 0.588. The van der Waals surface area contributed by atoms with Crippen LogP contribution in [0.4, 0.5) is 0 Å². The summed E-state index contributed by atoms with van der Waals surface area (Å²) in [6, 6.07) is 6.35. The van der Waals surface area contributed by atoms with Gasteiger partial charge in [0.1, 0.15) is 0 Å². The molecular formula is C17H26N2O3. The zero-order valence-electron chi connectivity index (χ0n) is 14.1. The van der Waals surface area contributed by atoms with E-state index in [2.05, 4.69) is 23.2 Å². The van der Waals surface area contributed by atoms with Gasteiger partial charge in [0.05, 0.1) is 6.67 Å². The van der Waals surface area contributed by atoms with E-state index in [1.807, 2.05) is 40.0 Å². The van der Waals surface area contributed by atoms with Crippen molar-refractivity contribution in [3.05, 3.63) is 23.8 Å². The highest BCUT2D eigenvalue weighted by Gasteiger charge is 2.22. The smallest absolute Gasteiger partial charge is 0.231 e. The molecule has 5 nitrogen and oxygen atoms in total. The molecule has 0 saturated heterocycles. The highest BCUT2D eigenvalue weighted by atomic mass is 16.7. The van der Waals surface area contributed by atoms with Crippen LogP contribution in [0.2, 0.25) is 0 Å². The summed E-state index contributed by atoms with van der Waals surface area (Å²) in [5, 5.41) is 2.97. The van der Waals surface area contributed by atoms with Crippen LogP contribution in [0.3, 0.4) is 0 Å². The Kier molecular flexibility index (Phi) is 4.96. The van der Waals surface area contributed by atoms with E-state index in [-0.39, 0.29) is 11.3 Å². The number of ether oxygens (including phenoxy) is 2. The third-order valence-corrected chi connectivity index (χ3v) is 3.89. The number of carbonyl (C=O) groups is 1. The second kappa shape index (κ2) is 6.57. The minimum Gasteiger partial charge on any atom is -0.454 e. The summed E-state index contributed by atoms with van der Waals surface area (Å²) in [5.41, 5.74) is 0.840. The van der Waals surface area contributed by atoms with Crippen LogP contribution < -0.4 is 14.8 Å². The minimum atomic E-state index is -0.360. The Hall–Kier alpha value is -1.75. The molecule has 1 atom stereocenters. The molecule has 1 N–H and O–H groups in total. The predicted octanol–water partition coefficient (Wildman–Crippen LogP) is 2.40. The normalized spacial score (nSPS) is 15.0. The maximum atomic E-state index is 11.9. The van der Waals surface area contributed by atoms with Gasteiger partial charge in [0.15, 0.2) is 11.5 Å². The summed E-state index contributed by atoms with van der Waals surface area (Å²) in [6.45, 7) is 8.73. The molecule has 1 amide bonds. The van der Waals surface area contributed by atoms with Gasteiger partial charge in [-0.05, 0) is 38.1 Å². The first-order valence-corrected chi connectivity index (χ1v) is 7.64. The van der Waals surface area contributed by atoms with E-state index in [1.54, 1.807) is 0 Å². The van der Waals surface area contributed by atoms with Crippen molar-refractivity contribution >= 4 is 5.91 Å². The van der Waals surface area contributed by atoms with Crippen molar-refractivity contribution in [3.63, 3.8) is 0 Å². The van der Waals surface area contributed by atoms with Gasteiger partial charge in [0, 0.05) is 11.5 Å². The van der Waals surface area contributed by atoms with Gasteiger partial charge >= 0.3 is 0 Å². The third-order valence-electron chi connectivity index (χ3n) is 3.89. The Morgan fingerprint density at radius 1 is 1.32 bits per heavy atom. The molecule has 122 valence electrons. The molecule has 5 heteroatoms. The van der Waals surface area contributed by atoms with E-state index < -0.39 is 0 Å². The lowest BCUT2D eigenvalue weighted by atomic mass is 9.96. The molecule has 1 aromatic rings. The van der Waals surface area contributed by atoms with Gasteiger partial charge in [-0.25, -0.2) is 0 Å². The molecular weight excluding hydrogens is 280 g/mol. The summed E-state index contributed by atoms with van der Waals surface area (Å²) >= 11 is 0. The highest BCUT2D eigenvalue weighted by Crippen LogP contribution is 2.32. The van der Waals surface area contributed by atoms with Gasteiger partial charge in [-0.15, -0.1) is 0 Å². The van der Waals surface area contributed by atoms with Gasteiger partial charge in [0.25, 0.3) is 0 Å². The molecule has 0 spiro atoms. The molecule has 0 radical (unpaired) electrons. The molecule has 1 aliphatic rings. The maximum absolute atomic E-state index is 11.9. The molecule has 0 aromatic heterocycles. The van der Waals surface area contributed by atoms with Crippen molar-refractivity contribution in [2.24, 2.45) is 5.41 Å². The number of benzene rings is 1. The largest absolute Gasteiger partial charge is 0.454 e. The van der Waals surface area contributed by atoms with Crippen molar-refractivity contribution in [2.45, 2.75) is 40.2 Å². The van der Waals surface area contributed by atoms with Crippen LogP contribution in [0.25, 0.3) is 0 Å². The van der Waals surface area contributed by atoms with E-state index in [0.717, 1.165) is 17.9 Å². The van der Waals surface area contributed by atoms with E-state index >= 15 is 0 Å². The lowest BCUT2D eigenvalue weighted by Gasteiger charge is -2.27. The number of nitrogens with zero attached hydrogens (tertiary/aromatic N) is 1. The lowest BCUT2D eigenvalue weighted by molar-refractivity contribution is -0.129. The average Bonchev–Trinajstić information content (AvgIpc) is 2.90. The highest BCUT2D eigenvalue weighted by molar-refractivity contribution is 5.81. The number of hydrogen-bond acceptors (Lipinski definition) is 4. The van der Waals surface area contributed by atoms with Gasteiger partial charge in [0.2, 0.25) is 12.7 Å². The number of amides is 1. The maximum Gasteiger partial charge on any atom is 0.231 e. The summed E-state index contributed by atoms with van der Waals surface area (Å²) < 4.78 is 10.7. The second-order valence-corrected chi connectivity index (χ2v) is 6.91. The molecule has 0 saturated carbocycles. The molecule has 1 unspecified atom stereocenters. The van der Waals surface area contributed by atoms with Crippen molar-refractivity contribution < 1.29 is 14.3 Å². The zero-order chi connectivity index (χ0) is 16.3. The van der Waals surface area contributed by atoms with Gasteiger partial charge in [-0.3, -0.25) is 9.69 Å². The van der Waals surface area contributed by atoms with E-state index in [0.29, 0.717) is 19.5 Å². The van der Waals surface area contributed by atoms with Crippen LogP contribution in [-0.2, 0) is 11.2 Å². The number of rotatable bonds is 5. The van der Waals surface area contributed by atoms with Crippen LogP contribution in [0, 0.1) is 5.41 Å². The van der Waals surface area contributed by atoms with Crippen LogP contribution in [-0.4, -0.2) is 37.4 Å². The standard InChI is InChI=1S/C17H26N2O3/c1-12(19(5)10-18-16(20)17(2,3)4)8-13-6-7-14-15(9-13)22-11-21-14/h6-7,9,12H,8,10-11H2,1-5H3,(H,18,20). The number of fused-ring (bicyclic) bond motifs is 1. The van der Waals surface area contributed by atoms with Crippen LogP contribution in [0.1, 0.15) is 33.3 Å². The first-order chi connectivity index (χ1) is 10.3. The van der Waals surface area contributed by atoms with Crippen molar-refractivity contribution in [2.75, 3.05) is 20.5 Å². The van der Waals surface area contributed by atoms with Crippen molar-refractivity contribution in [3.8, 4) is 11.5 Å². The van der Waals surface area contributed by atoms with Crippen molar-refractivity contribution in [1.29, 1.82) is 0 Å². The Morgan fingerprint density at radius 3 is 2.68 bits per heavy atom. The fourth-order valence-corrected chi connectivity index (χ4v) is 2.18. The monoisotopic (exact) mass is 306 g/mol. The fourth-order valence-electron chi connectivity index (χ4n) is 2.18. The summed E-state index contributed by atoms with van der Waals surface area (Å²) in [6.07, 6.45) is 0.887. The van der Waals surface area contributed by atoms with Crippen LogP contribution >= 0.6 is 0 Å². The first kappa shape index (κ1) is 16.6. The second-order valence-electron chi connectivity index (χ2n) is 6.91. The molecule has 1 aromatic carbocycles.